The summed E-state index contributed by atoms with van der Waals surface area (Å²) >= 11 is 0. The lowest BCUT2D eigenvalue weighted by atomic mass is 9.82. The van der Waals surface area contributed by atoms with Gasteiger partial charge in [0, 0.05) is 37.4 Å². The Bertz CT molecular complexity index is 678. The summed E-state index contributed by atoms with van der Waals surface area (Å²) < 4.78 is 5.34. The minimum absolute atomic E-state index is 0.108. The van der Waals surface area contributed by atoms with Crippen molar-refractivity contribution < 1.29 is 14.3 Å². The molecule has 1 saturated heterocycles. The number of nitrogens with zero attached hydrogens (tertiary/aromatic N) is 2. The van der Waals surface area contributed by atoms with E-state index in [1.807, 2.05) is 45.0 Å². The molecule has 0 unspecified atom stereocenters. The summed E-state index contributed by atoms with van der Waals surface area (Å²) in [5.74, 6) is -0.108. The first-order chi connectivity index (χ1) is 12.9. The molecule has 1 fully saturated rings. The topological polar surface area (TPSA) is 61.9 Å². The highest BCUT2D eigenvalue weighted by Gasteiger charge is 2.34. The maximum Gasteiger partial charge on any atom is 0.408 e. The standard InChI is InChI=1S/C22H35N3O3/c1-21(2,3)19(23-20(27)28-22(4,5)6)18(26)16-8-10-17(11-9-16)25-14-12-24(7)13-15-25/h8-11,19H,12-15H2,1-7H3,(H,23,27)/t19-/m1/s1. The molecule has 6 heteroatoms. The van der Waals surface area contributed by atoms with Crippen LogP contribution in [0.25, 0.3) is 0 Å². The van der Waals surface area contributed by atoms with Crippen LogP contribution in [-0.4, -0.2) is 61.6 Å². The number of ketones is 1. The van der Waals surface area contributed by atoms with E-state index >= 15 is 0 Å². The molecular formula is C22H35N3O3. The minimum atomic E-state index is -0.670. The Morgan fingerprint density at radius 1 is 0.964 bits per heavy atom. The van der Waals surface area contributed by atoms with Gasteiger partial charge in [0.1, 0.15) is 11.6 Å². The van der Waals surface area contributed by atoms with Crippen LogP contribution < -0.4 is 10.2 Å². The van der Waals surface area contributed by atoms with Crippen LogP contribution in [0.1, 0.15) is 51.9 Å². The second-order valence-corrected chi connectivity index (χ2v) is 9.65. The average Bonchev–Trinajstić information content (AvgIpc) is 2.57. The third kappa shape index (κ3) is 6.23. The van der Waals surface area contributed by atoms with Crippen molar-refractivity contribution in [3.05, 3.63) is 29.8 Å². The largest absolute Gasteiger partial charge is 0.444 e. The van der Waals surface area contributed by atoms with E-state index in [1.165, 1.54) is 0 Å². The third-order valence-corrected chi connectivity index (χ3v) is 4.81. The Balaban J connectivity index is 2.12. The molecule has 2 rings (SSSR count). The SMILES string of the molecule is CN1CCN(c2ccc(C(=O)[C@@H](NC(=O)OC(C)(C)C)C(C)(C)C)cc2)CC1. The Morgan fingerprint density at radius 2 is 1.50 bits per heavy atom. The van der Waals surface area contributed by atoms with Crippen LogP contribution in [0.15, 0.2) is 24.3 Å². The van der Waals surface area contributed by atoms with Crippen LogP contribution in [0, 0.1) is 5.41 Å². The molecule has 0 bridgehead atoms. The first kappa shape index (κ1) is 22.2. The number of likely N-dealkylation sites (N-methyl/N-ethyl adjacent to an activating group) is 1. The van der Waals surface area contributed by atoms with E-state index < -0.39 is 23.2 Å². The summed E-state index contributed by atoms with van der Waals surface area (Å²) in [6.45, 7) is 15.2. The fourth-order valence-electron chi connectivity index (χ4n) is 3.17. The van der Waals surface area contributed by atoms with E-state index in [4.69, 9.17) is 4.74 Å². The van der Waals surface area contributed by atoms with Crippen molar-refractivity contribution >= 4 is 17.6 Å². The Morgan fingerprint density at radius 3 is 1.96 bits per heavy atom. The predicted octanol–water partition coefficient (Wildman–Crippen LogP) is 3.56. The van der Waals surface area contributed by atoms with Crippen LogP contribution in [0.4, 0.5) is 10.5 Å². The molecule has 1 aliphatic heterocycles. The van der Waals surface area contributed by atoms with Crippen LogP contribution >= 0.6 is 0 Å². The number of carbonyl (C=O) groups excluding carboxylic acids is 2. The van der Waals surface area contributed by atoms with Gasteiger partial charge in [-0.25, -0.2) is 4.79 Å². The van der Waals surface area contributed by atoms with Crippen LogP contribution in [0.2, 0.25) is 0 Å². The van der Waals surface area contributed by atoms with Crippen molar-refractivity contribution in [3.63, 3.8) is 0 Å². The molecule has 1 amide bonds. The fraction of sp³-hybridized carbons (Fsp3) is 0.636. The monoisotopic (exact) mass is 389 g/mol. The number of carbonyl (C=O) groups is 2. The predicted molar refractivity (Wildman–Crippen MR) is 113 cm³/mol. The van der Waals surface area contributed by atoms with Crippen LogP contribution in [-0.2, 0) is 4.74 Å². The number of nitrogens with one attached hydrogen (secondary N) is 1. The van der Waals surface area contributed by atoms with Gasteiger partial charge in [-0.2, -0.15) is 0 Å². The van der Waals surface area contributed by atoms with Gasteiger partial charge in [0.15, 0.2) is 5.78 Å². The maximum absolute atomic E-state index is 13.1. The van der Waals surface area contributed by atoms with Crippen molar-refractivity contribution in [1.29, 1.82) is 0 Å². The van der Waals surface area contributed by atoms with Gasteiger partial charge < -0.3 is 19.9 Å². The summed E-state index contributed by atoms with van der Waals surface area (Å²) in [6, 6.07) is 7.02. The Kier molecular flexibility index (Phi) is 6.75. The summed E-state index contributed by atoms with van der Waals surface area (Å²) in [4.78, 5) is 30.0. The molecule has 156 valence electrons. The second kappa shape index (κ2) is 8.52. The quantitative estimate of drug-likeness (QED) is 0.798. The fourth-order valence-corrected chi connectivity index (χ4v) is 3.17. The van der Waals surface area contributed by atoms with Crippen LogP contribution in [0.5, 0.6) is 0 Å². The lowest BCUT2D eigenvalue weighted by Gasteiger charge is -2.34. The molecular weight excluding hydrogens is 354 g/mol. The molecule has 0 aromatic heterocycles. The van der Waals surface area contributed by atoms with Gasteiger partial charge in [-0.05, 0) is 57.5 Å². The molecule has 1 N–H and O–H groups in total. The van der Waals surface area contributed by atoms with Gasteiger partial charge >= 0.3 is 6.09 Å². The number of hydrogen-bond donors (Lipinski definition) is 1. The first-order valence-electron chi connectivity index (χ1n) is 9.94. The number of piperazine rings is 1. The highest BCUT2D eigenvalue weighted by atomic mass is 16.6. The van der Waals surface area contributed by atoms with Gasteiger partial charge in [-0.15, -0.1) is 0 Å². The van der Waals surface area contributed by atoms with Crippen LogP contribution in [0.3, 0.4) is 0 Å². The molecule has 28 heavy (non-hydrogen) atoms. The van der Waals surface area contributed by atoms with Crippen molar-refractivity contribution in [2.75, 3.05) is 38.1 Å². The van der Waals surface area contributed by atoms with E-state index in [2.05, 4.69) is 22.2 Å². The van der Waals surface area contributed by atoms with E-state index in [0.717, 1.165) is 31.9 Å². The van der Waals surface area contributed by atoms with Gasteiger partial charge in [0.05, 0.1) is 0 Å². The van der Waals surface area contributed by atoms with Crippen molar-refractivity contribution in [2.24, 2.45) is 5.41 Å². The Labute approximate surface area is 169 Å². The normalized spacial score (nSPS) is 17.2. The molecule has 0 spiro atoms. The van der Waals surface area contributed by atoms with E-state index in [0.29, 0.717) is 5.56 Å². The zero-order valence-corrected chi connectivity index (χ0v) is 18.3. The number of hydrogen-bond acceptors (Lipinski definition) is 5. The minimum Gasteiger partial charge on any atom is -0.444 e. The van der Waals surface area contributed by atoms with Gasteiger partial charge in [-0.3, -0.25) is 4.79 Å². The third-order valence-electron chi connectivity index (χ3n) is 4.81. The number of Topliss-reactive ketones (excluding diaryl/α,β-unsaturated/α-hetero) is 1. The van der Waals surface area contributed by atoms with E-state index in [9.17, 15) is 9.59 Å². The van der Waals surface area contributed by atoms with Crippen molar-refractivity contribution in [1.82, 2.24) is 10.2 Å². The molecule has 6 nitrogen and oxygen atoms in total. The zero-order valence-electron chi connectivity index (χ0n) is 18.3. The van der Waals surface area contributed by atoms with E-state index in [1.54, 1.807) is 20.8 Å². The molecule has 1 heterocycles. The average molecular weight is 390 g/mol. The van der Waals surface area contributed by atoms with Gasteiger partial charge in [0.2, 0.25) is 0 Å². The Hall–Kier alpha value is -2.08. The number of anilines is 1. The van der Waals surface area contributed by atoms with Crippen molar-refractivity contribution in [2.45, 2.75) is 53.2 Å². The van der Waals surface area contributed by atoms with Gasteiger partial charge in [-0.1, -0.05) is 20.8 Å². The zero-order chi connectivity index (χ0) is 21.1. The number of rotatable bonds is 4. The number of ether oxygens (including phenoxy) is 1. The summed E-state index contributed by atoms with van der Waals surface area (Å²) in [6.07, 6.45) is -0.574. The lowest BCUT2D eigenvalue weighted by molar-refractivity contribution is 0.0446. The lowest BCUT2D eigenvalue weighted by Crippen LogP contribution is -2.50. The van der Waals surface area contributed by atoms with Crippen molar-refractivity contribution in [3.8, 4) is 0 Å². The summed E-state index contributed by atoms with van der Waals surface area (Å²) in [5.41, 5.74) is 0.662. The second-order valence-electron chi connectivity index (χ2n) is 9.65. The smallest absolute Gasteiger partial charge is 0.408 e. The summed E-state index contributed by atoms with van der Waals surface area (Å²) in [5, 5.41) is 2.77. The molecule has 1 atom stereocenters. The number of benzene rings is 1. The highest BCUT2D eigenvalue weighted by Crippen LogP contribution is 2.25. The number of amides is 1. The van der Waals surface area contributed by atoms with Gasteiger partial charge in [0.25, 0.3) is 0 Å². The highest BCUT2D eigenvalue weighted by molar-refractivity contribution is 6.02. The summed E-state index contributed by atoms with van der Waals surface area (Å²) in [7, 11) is 2.13. The first-order valence-corrected chi connectivity index (χ1v) is 9.94. The molecule has 0 aliphatic carbocycles. The molecule has 1 aromatic rings. The maximum atomic E-state index is 13.1. The van der Waals surface area contributed by atoms with E-state index in [-0.39, 0.29) is 5.78 Å². The molecule has 1 aliphatic rings. The molecule has 0 saturated carbocycles. The number of alkyl carbamates (subject to hydrolysis) is 1. The molecule has 0 radical (unpaired) electrons. The molecule has 1 aromatic carbocycles.